The van der Waals surface area contributed by atoms with E-state index in [2.05, 4.69) is 10.1 Å². The molecule has 26 heavy (non-hydrogen) atoms. The molecule has 0 radical (unpaired) electrons. The van der Waals surface area contributed by atoms with Crippen LogP contribution in [0, 0.1) is 0 Å². The van der Waals surface area contributed by atoms with Gasteiger partial charge in [0.05, 0.1) is 19.1 Å². The topological polar surface area (TPSA) is 47.6 Å². The van der Waals surface area contributed by atoms with Gasteiger partial charge in [-0.3, -0.25) is 4.79 Å². The van der Waals surface area contributed by atoms with Crippen LogP contribution in [0.3, 0.4) is 0 Å². The minimum absolute atomic E-state index is 0.183. The molecule has 0 fully saturated rings. The van der Waals surface area contributed by atoms with Gasteiger partial charge in [-0.15, -0.1) is 13.2 Å². The molecule has 0 aliphatic carbocycles. The highest BCUT2D eigenvalue weighted by molar-refractivity contribution is 5.79. The number of carbonyl (C=O) groups is 1. The predicted molar refractivity (Wildman–Crippen MR) is 91.0 cm³/mol. The molecule has 0 spiro atoms. The minimum Gasteiger partial charge on any atom is -0.494 e. The Bertz CT molecular complexity index is 712. The van der Waals surface area contributed by atoms with Crippen molar-refractivity contribution in [1.29, 1.82) is 0 Å². The van der Waals surface area contributed by atoms with E-state index in [1.54, 1.807) is 19.1 Å². The van der Waals surface area contributed by atoms with E-state index in [4.69, 9.17) is 4.74 Å². The van der Waals surface area contributed by atoms with Crippen molar-refractivity contribution in [3.63, 3.8) is 0 Å². The molecule has 0 aliphatic heterocycles. The molecular formula is C19H20F3NO3. The van der Waals surface area contributed by atoms with Gasteiger partial charge in [0.15, 0.2) is 0 Å². The maximum atomic E-state index is 12.2. The second-order valence-corrected chi connectivity index (χ2v) is 5.66. The Morgan fingerprint density at radius 2 is 1.62 bits per heavy atom. The number of benzene rings is 2. The Morgan fingerprint density at radius 1 is 1.04 bits per heavy atom. The summed E-state index contributed by atoms with van der Waals surface area (Å²) < 4.78 is 45.7. The molecule has 1 amide bonds. The molecular weight excluding hydrogens is 347 g/mol. The highest BCUT2D eigenvalue weighted by Crippen LogP contribution is 2.24. The molecule has 1 N–H and O–H groups in total. The molecule has 0 saturated carbocycles. The van der Waals surface area contributed by atoms with Crippen LogP contribution >= 0.6 is 0 Å². The average molecular weight is 367 g/mol. The summed E-state index contributed by atoms with van der Waals surface area (Å²) >= 11 is 0. The van der Waals surface area contributed by atoms with Crippen molar-refractivity contribution in [2.24, 2.45) is 0 Å². The Balaban J connectivity index is 1.89. The van der Waals surface area contributed by atoms with Gasteiger partial charge in [0.1, 0.15) is 11.5 Å². The predicted octanol–water partition coefficient (Wildman–Crippen LogP) is 4.40. The van der Waals surface area contributed by atoms with Crippen LogP contribution in [0.4, 0.5) is 13.2 Å². The summed E-state index contributed by atoms with van der Waals surface area (Å²) in [7, 11) is 0. The number of ether oxygens (including phenoxy) is 2. The molecule has 2 aromatic carbocycles. The largest absolute Gasteiger partial charge is 0.573 e. The van der Waals surface area contributed by atoms with Crippen LogP contribution in [-0.4, -0.2) is 18.9 Å². The van der Waals surface area contributed by atoms with Crippen LogP contribution in [0.5, 0.6) is 11.5 Å². The van der Waals surface area contributed by atoms with Gasteiger partial charge in [0.25, 0.3) is 0 Å². The number of nitrogens with one attached hydrogen (secondary N) is 1. The van der Waals surface area contributed by atoms with E-state index in [1.165, 1.54) is 24.3 Å². The van der Waals surface area contributed by atoms with Crippen molar-refractivity contribution in [1.82, 2.24) is 5.32 Å². The number of alkyl halides is 3. The molecule has 0 aliphatic rings. The molecule has 1 atom stereocenters. The van der Waals surface area contributed by atoms with Crippen molar-refractivity contribution in [2.45, 2.75) is 32.7 Å². The van der Waals surface area contributed by atoms with Gasteiger partial charge in [-0.1, -0.05) is 24.3 Å². The molecule has 0 bridgehead atoms. The zero-order valence-corrected chi connectivity index (χ0v) is 14.5. The number of amides is 1. The first-order valence-electron chi connectivity index (χ1n) is 8.13. The lowest BCUT2D eigenvalue weighted by molar-refractivity contribution is -0.274. The average Bonchev–Trinajstić information content (AvgIpc) is 2.56. The summed E-state index contributed by atoms with van der Waals surface area (Å²) in [5.74, 6) is 0.262. The second kappa shape index (κ2) is 8.60. The quantitative estimate of drug-likeness (QED) is 0.789. The normalized spacial score (nSPS) is 12.3. The van der Waals surface area contributed by atoms with Crippen molar-refractivity contribution < 1.29 is 27.4 Å². The van der Waals surface area contributed by atoms with E-state index >= 15 is 0 Å². The van der Waals surface area contributed by atoms with E-state index in [0.29, 0.717) is 12.2 Å². The Hall–Kier alpha value is -2.70. The summed E-state index contributed by atoms with van der Waals surface area (Å²) in [6.07, 6.45) is -4.52. The summed E-state index contributed by atoms with van der Waals surface area (Å²) in [5, 5.41) is 2.82. The minimum atomic E-state index is -4.72. The van der Waals surface area contributed by atoms with E-state index < -0.39 is 6.36 Å². The van der Waals surface area contributed by atoms with Gasteiger partial charge >= 0.3 is 6.36 Å². The highest BCUT2D eigenvalue weighted by atomic mass is 19.4. The first-order chi connectivity index (χ1) is 12.3. The number of hydrogen-bond acceptors (Lipinski definition) is 3. The molecule has 1 unspecified atom stereocenters. The fourth-order valence-electron chi connectivity index (χ4n) is 2.39. The van der Waals surface area contributed by atoms with E-state index in [9.17, 15) is 18.0 Å². The lowest BCUT2D eigenvalue weighted by Crippen LogP contribution is -2.28. The molecule has 7 heteroatoms. The van der Waals surface area contributed by atoms with Gasteiger partial charge < -0.3 is 14.8 Å². The number of hydrogen-bond donors (Lipinski definition) is 1. The van der Waals surface area contributed by atoms with Crippen LogP contribution in [0.1, 0.15) is 31.0 Å². The van der Waals surface area contributed by atoms with Gasteiger partial charge in [0, 0.05) is 0 Å². The summed E-state index contributed by atoms with van der Waals surface area (Å²) in [5.41, 5.74) is 1.52. The zero-order valence-electron chi connectivity index (χ0n) is 14.5. The highest BCUT2D eigenvalue weighted by Gasteiger charge is 2.31. The Kier molecular flexibility index (Phi) is 6.49. The van der Waals surface area contributed by atoms with Crippen LogP contribution in [-0.2, 0) is 11.2 Å². The fraction of sp³-hybridized carbons (Fsp3) is 0.316. The Morgan fingerprint density at radius 3 is 2.15 bits per heavy atom. The first kappa shape index (κ1) is 19.6. The number of halogens is 3. The first-order valence-corrected chi connectivity index (χ1v) is 8.13. The second-order valence-electron chi connectivity index (χ2n) is 5.66. The molecule has 0 saturated heterocycles. The SMILES string of the molecule is CCOc1ccc(CC(=O)NC(C)c2ccc(OC(F)(F)F)cc2)cc1. The van der Waals surface area contributed by atoms with Crippen LogP contribution in [0.15, 0.2) is 48.5 Å². The van der Waals surface area contributed by atoms with Crippen LogP contribution in [0.2, 0.25) is 0 Å². The van der Waals surface area contributed by atoms with Gasteiger partial charge in [-0.2, -0.15) is 0 Å². The fourth-order valence-corrected chi connectivity index (χ4v) is 2.39. The number of rotatable bonds is 7. The monoisotopic (exact) mass is 367 g/mol. The third kappa shape index (κ3) is 6.31. The van der Waals surface area contributed by atoms with Crippen molar-refractivity contribution >= 4 is 5.91 Å². The smallest absolute Gasteiger partial charge is 0.494 e. The molecule has 2 aromatic rings. The van der Waals surface area contributed by atoms with Crippen LogP contribution in [0.25, 0.3) is 0 Å². The van der Waals surface area contributed by atoms with E-state index in [-0.39, 0.29) is 24.1 Å². The lowest BCUT2D eigenvalue weighted by atomic mass is 10.1. The third-order valence-electron chi connectivity index (χ3n) is 3.59. The molecule has 140 valence electrons. The van der Waals surface area contributed by atoms with Crippen molar-refractivity contribution in [3.8, 4) is 11.5 Å². The molecule has 4 nitrogen and oxygen atoms in total. The number of carbonyl (C=O) groups excluding carboxylic acids is 1. The van der Waals surface area contributed by atoms with E-state index in [0.717, 1.165) is 11.3 Å². The van der Waals surface area contributed by atoms with Gasteiger partial charge in [-0.05, 0) is 49.2 Å². The third-order valence-corrected chi connectivity index (χ3v) is 3.59. The van der Waals surface area contributed by atoms with Gasteiger partial charge in [-0.25, -0.2) is 0 Å². The summed E-state index contributed by atoms with van der Waals surface area (Å²) in [6.45, 7) is 4.23. The Labute approximate surface area is 149 Å². The molecule has 0 aromatic heterocycles. The van der Waals surface area contributed by atoms with E-state index in [1.807, 2.05) is 19.1 Å². The summed E-state index contributed by atoms with van der Waals surface area (Å²) in [4.78, 5) is 12.1. The van der Waals surface area contributed by atoms with Crippen molar-refractivity contribution in [2.75, 3.05) is 6.61 Å². The standard InChI is InChI=1S/C19H20F3NO3/c1-3-25-16-8-4-14(5-9-16)12-18(24)23-13(2)15-6-10-17(11-7-15)26-19(20,21)22/h4-11,13H,3,12H2,1-2H3,(H,23,24). The maximum absolute atomic E-state index is 12.2. The van der Waals surface area contributed by atoms with Crippen molar-refractivity contribution in [3.05, 3.63) is 59.7 Å². The molecule has 0 heterocycles. The lowest BCUT2D eigenvalue weighted by Gasteiger charge is -2.15. The molecule has 2 rings (SSSR count). The summed E-state index contributed by atoms with van der Waals surface area (Å²) in [6, 6.07) is 12.3. The maximum Gasteiger partial charge on any atom is 0.573 e. The van der Waals surface area contributed by atoms with Crippen LogP contribution < -0.4 is 14.8 Å². The zero-order chi connectivity index (χ0) is 19.2. The van der Waals surface area contributed by atoms with Gasteiger partial charge in [0.2, 0.25) is 5.91 Å².